The molecule has 1 aromatic carbocycles. The summed E-state index contributed by atoms with van der Waals surface area (Å²) in [5.41, 5.74) is 1.22. The Hall–Kier alpha value is -1.36. The zero-order valence-corrected chi connectivity index (χ0v) is 10.8. The summed E-state index contributed by atoms with van der Waals surface area (Å²) in [5.74, 6) is 1.73. The molecule has 0 aliphatic heterocycles. The fourth-order valence-electron chi connectivity index (χ4n) is 1.52. The van der Waals surface area contributed by atoms with Crippen LogP contribution >= 0.6 is 15.9 Å². The Morgan fingerprint density at radius 1 is 1.25 bits per heavy atom. The maximum atomic E-state index is 4.14. The number of benzene rings is 1. The first-order chi connectivity index (χ1) is 7.70. The number of hydrogen-bond donors (Lipinski definition) is 1. The molecule has 0 aliphatic rings. The van der Waals surface area contributed by atoms with Gasteiger partial charge >= 0.3 is 0 Å². The predicted octanol–water partition coefficient (Wildman–Crippen LogP) is 2.21. The van der Waals surface area contributed by atoms with E-state index < -0.39 is 0 Å². The third-order valence-corrected chi connectivity index (χ3v) is 2.99. The van der Waals surface area contributed by atoms with Crippen LogP contribution in [-0.2, 0) is 13.5 Å². The van der Waals surface area contributed by atoms with Gasteiger partial charge in [0.15, 0.2) is 0 Å². The summed E-state index contributed by atoms with van der Waals surface area (Å²) in [5, 5.41) is 11.2. The summed E-state index contributed by atoms with van der Waals surface area (Å²) in [6, 6.07) is 8.23. The van der Waals surface area contributed by atoms with Gasteiger partial charge < -0.3 is 9.88 Å². The van der Waals surface area contributed by atoms with Gasteiger partial charge in [-0.25, -0.2) is 0 Å². The lowest BCUT2D eigenvalue weighted by Crippen LogP contribution is -2.03. The largest absolute Gasteiger partial charge is 0.357 e. The molecule has 0 saturated carbocycles. The molecule has 16 heavy (non-hydrogen) atoms. The summed E-state index contributed by atoms with van der Waals surface area (Å²) in [7, 11) is 3.80. The molecule has 0 amide bonds. The van der Waals surface area contributed by atoms with E-state index >= 15 is 0 Å². The van der Waals surface area contributed by atoms with E-state index in [9.17, 15) is 0 Å². The number of nitrogens with zero attached hydrogens (tertiary/aromatic N) is 3. The van der Waals surface area contributed by atoms with E-state index in [1.54, 1.807) is 0 Å². The van der Waals surface area contributed by atoms with Crippen LogP contribution in [-0.4, -0.2) is 21.8 Å². The van der Waals surface area contributed by atoms with E-state index in [1.165, 1.54) is 5.56 Å². The van der Waals surface area contributed by atoms with Crippen molar-refractivity contribution < 1.29 is 0 Å². The lowest BCUT2D eigenvalue weighted by molar-refractivity contribution is 0.825. The van der Waals surface area contributed by atoms with Gasteiger partial charge in [0.1, 0.15) is 5.82 Å². The third-order valence-electron chi connectivity index (χ3n) is 2.46. The minimum Gasteiger partial charge on any atom is -0.357 e. The van der Waals surface area contributed by atoms with Crippen LogP contribution in [0.1, 0.15) is 11.4 Å². The SMILES string of the molecule is CNc1nnc(Cc2ccc(Br)cc2)n1C. The van der Waals surface area contributed by atoms with Gasteiger partial charge in [-0.2, -0.15) is 0 Å². The van der Waals surface area contributed by atoms with Crippen LogP contribution in [0.5, 0.6) is 0 Å². The first-order valence-corrected chi connectivity index (χ1v) is 5.80. The van der Waals surface area contributed by atoms with Crippen molar-refractivity contribution in [3.63, 3.8) is 0 Å². The van der Waals surface area contributed by atoms with Gasteiger partial charge in [-0.05, 0) is 17.7 Å². The Morgan fingerprint density at radius 3 is 2.50 bits per heavy atom. The topological polar surface area (TPSA) is 42.7 Å². The molecular weight excluding hydrogens is 268 g/mol. The molecule has 84 valence electrons. The average molecular weight is 281 g/mol. The van der Waals surface area contributed by atoms with Crippen molar-refractivity contribution in [2.75, 3.05) is 12.4 Å². The van der Waals surface area contributed by atoms with E-state index in [1.807, 2.05) is 30.8 Å². The number of hydrogen-bond acceptors (Lipinski definition) is 3. The van der Waals surface area contributed by atoms with E-state index in [2.05, 4.69) is 43.6 Å². The first kappa shape index (κ1) is 11.1. The maximum absolute atomic E-state index is 4.14. The number of anilines is 1. The number of aromatic nitrogens is 3. The molecule has 0 spiro atoms. The summed E-state index contributed by atoms with van der Waals surface area (Å²) in [4.78, 5) is 0. The number of halogens is 1. The van der Waals surface area contributed by atoms with Gasteiger partial charge in [0, 0.05) is 25.0 Å². The highest BCUT2D eigenvalue weighted by Gasteiger charge is 2.07. The molecule has 4 nitrogen and oxygen atoms in total. The zero-order chi connectivity index (χ0) is 11.5. The van der Waals surface area contributed by atoms with Gasteiger partial charge in [0.25, 0.3) is 0 Å². The minimum atomic E-state index is 0.784. The second-order valence-electron chi connectivity index (χ2n) is 3.55. The molecule has 0 saturated heterocycles. The molecule has 2 aromatic rings. The number of nitrogens with one attached hydrogen (secondary N) is 1. The van der Waals surface area contributed by atoms with Crippen molar-refractivity contribution in [1.29, 1.82) is 0 Å². The normalized spacial score (nSPS) is 10.4. The molecular formula is C11H13BrN4. The van der Waals surface area contributed by atoms with Crippen LogP contribution < -0.4 is 5.32 Å². The summed E-state index contributed by atoms with van der Waals surface area (Å²) < 4.78 is 3.05. The first-order valence-electron chi connectivity index (χ1n) is 5.01. The van der Waals surface area contributed by atoms with E-state index in [0.29, 0.717) is 0 Å². The highest BCUT2D eigenvalue weighted by Crippen LogP contribution is 2.14. The fraction of sp³-hybridized carbons (Fsp3) is 0.273. The standard InChI is InChI=1S/C11H13BrN4/c1-13-11-15-14-10(16(11)2)7-8-3-5-9(12)6-4-8/h3-6H,7H2,1-2H3,(H,13,15). The molecule has 0 radical (unpaired) electrons. The van der Waals surface area contributed by atoms with Crippen molar-refractivity contribution in [3.8, 4) is 0 Å². The molecule has 0 atom stereocenters. The summed E-state index contributed by atoms with van der Waals surface area (Å²) in [6.45, 7) is 0. The maximum Gasteiger partial charge on any atom is 0.224 e. The lowest BCUT2D eigenvalue weighted by atomic mass is 10.1. The average Bonchev–Trinajstić information content (AvgIpc) is 2.63. The van der Waals surface area contributed by atoms with Gasteiger partial charge in [0.05, 0.1) is 0 Å². The smallest absolute Gasteiger partial charge is 0.224 e. The Labute approximate surface area is 103 Å². The second-order valence-corrected chi connectivity index (χ2v) is 4.47. The molecule has 2 rings (SSSR count). The van der Waals surface area contributed by atoms with E-state index in [-0.39, 0.29) is 0 Å². The molecule has 0 bridgehead atoms. The van der Waals surface area contributed by atoms with Gasteiger partial charge in [-0.3, -0.25) is 0 Å². The molecule has 1 N–H and O–H groups in total. The van der Waals surface area contributed by atoms with Crippen molar-refractivity contribution in [3.05, 3.63) is 40.1 Å². The Morgan fingerprint density at radius 2 is 1.94 bits per heavy atom. The van der Waals surface area contributed by atoms with Crippen molar-refractivity contribution in [1.82, 2.24) is 14.8 Å². The van der Waals surface area contributed by atoms with Gasteiger partial charge in [-0.1, -0.05) is 28.1 Å². The highest BCUT2D eigenvalue weighted by atomic mass is 79.9. The number of rotatable bonds is 3. The van der Waals surface area contributed by atoms with Crippen LogP contribution in [0, 0.1) is 0 Å². The van der Waals surface area contributed by atoms with Crippen LogP contribution in [0.15, 0.2) is 28.7 Å². The molecule has 5 heteroatoms. The van der Waals surface area contributed by atoms with Crippen LogP contribution in [0.3, 0.4) is 0 Å². The van der Waals surface area contributed by atoms with Crippen molar-refractivity contribution in [2.24, 2.45) is 7.05 Å². The van der Waals surface area contributed by atoms with Crippen LogP contribution in [0.25, 0.3) is 0 Å². The third kappa shape index (κ3) is 2.24. The summed E-state index contributed by atoms with van der Waals surface area (Å²) >= 11 is 3.42. The molecule has 0 fully saturated rings. The monoisotopic (exact) mass is 280 g/mol. The molecule has 1 aromatic heterocycles. The molecule has 0 unspecified atom stereocenters. The summed E-state index contributed by atoms with van der Waals surface area (Å²) in [6.07, 6.45) is 0.790. The molecule has 1 heterocycles. The second kappa shape index (κ2) is 4.65. The highest BCUT2D eigenvalue weighted by molar-refractivity contribution is 9.10. The lowest BCUT2D eigenvalue weighted by Gasteiger charge is -2.03. The quantitative estimate of drug-likeness (QED) is 0.938. The van der Waals surface area contributed by atoms with Gasteiger partial charge in [-0.15, -0.1) is 10.2 Å². The molecule has 0 aliphatic carbocycles. The fourth-order valence-corrected chi connectivity index (χ4v) is 1.78. The Bertz CT molecular complexity index is 475. The van der Waals surface area contributed by atoms with E-state index in [0.717, 1.165) is 22.7 Å². The van der Waals surface area contributed by atoms with Crippen LogP contribution in [0.4, 0.5) is 5.95 Å². The Balaban J connectivity index is 2.20. The minimum absolute atomic E-state index is 0.784. The predicted molar refractivity (Wildman–Crippen MR) is 67.5 cm³/mol. The Kier molecular flexibility index (Phi) is 3.24. The van der Waals surface area contributed by atoms with Crippen molar-refractivity contribution >= 4 is 21.9 Å². The zero-order valence-electron chi connectivity index (χ0n) is 9.24. The van der Waals surface area contributed by atoms with E-state index in [4.69, 9.17) is 0 Å². The van der Waals surface area contributed by atoms with Crippen LogP contribution in [0.2, 0.25) is 0 Å². The van der Waals surface area contributed by atoms with Gasteiger partial charge in [0.2, 0.25) is 5.95 Å². The van der Waals surface area contributed by atoms with Crippen molar-refractivity contribution in [2.45, 2.75) is 6.42 Å².